The average Bonchev–Trinajstić information content (AvgIpc) is 3.04. The zero-order chi connectivity index (χ0) is 36.3. The summed E-state index contributed by atoms with van der Waals surface area (Å²) in [5.41, 5.74) is 0. The van der Waals surface area contributed by atoms with Crippen molar-refractivity contribution in [2.45, 2.75) is 136 Å². The van der Waals surface area contributed by atoms with Crippen LogP contribution in [0.25, 0.3) is 0 Å². The first-order valence-corrected chi connectivity index (χ1v) is 20.5. The quantitative estimate of drug-likeness (QED) is 0.0216. The van der Waals surface area contributed by atoms with E-state index in [9.17, 15) is 14.3 Å². The van der Waals surface area contributed by atoms with Gasteiger partial charge in [0.1, 0.15) is 19.3 Å². The number of hydrogen-bond acceptors (Lipinski definition) is 7. The molecule has 0 radical (unpaired) electrons. The molecule has 0 aromatic heterocycles. The third-order valence-corrected chi connectivity index (χ3v) is 8.55. The molecule has 0 heterocycles. The Hall–Kier alpha value is -1.80. The van der Waals surface area contributed by atoms with E-state index in [-0.39, 0.29) is 25.8 Å². The second-order valence-corrected chi connectivity index (χ2v) is 15.0. The average molecular weight is 710 g/mol. The van der Waals surface area contributed by atoms with Gasteiger partial charge in [-0.3, -0.25) is 9.36 Å². The molecule has 0 saturated heterocycles. The van der Waals surface area contributed by atoms with Crippen LogP contribution >= 0.6 is 7.82 Å². The summed E-state index contributed by atoms with van der Waals surface area (Å²) in [5.74, 6) is -0.356. The normalized spacial score (nSPS) is 14.7. The molecule has 0 bridgehead atoms. The fourth-order valence-electron chi connectivity index (χ4n) is 4.63. The van der Waals surface area contributed by atoms with Crippen LogP contribution in [0.5, 0.6) is 0 Å². The van der Waals surface area contributed by atoms with Crippen LogP contribution in [0.2, 0.25) is 0 Å². The van der Waals surface area contributed by atoms with Crippen LogP contribution in [0.1, 0.15) is 129 Å². The van der Waals surface area contributed by atoms with Crippen LogP contribution in [0.15, 0.2) is 60.8 Å². The van der Waals surface area contributed by atoms with Gasteiger partial charge in [0.2, 0.25) is 0 Å². The van der Waals surface area contributed by atoms with Gasteiger partial charge in [0.05, 0.1) is 34.4 Å². The first-order valence-electron chi connectivity index (χ1n) is 19.0. The molecular formula is C40H72NO7P. The van der Waals surface area contributed by atoms with Crippen molar-refractivity contribution in [3.8, 4) is 0 Å². The van der Waals surface area contributed by atoms with Crippen molar-refractivity contribution < 1.29 is 37.3 Å². The molecule has 0 aromatic rings. The monoisotopic (exact) mass is 710 g/mol. The number of rotatable bonds is 34. The van der Waals surface area contributed by atoms with Crippen LogP contribution in [0.4, 0.5) is 0 Å². The highest BCUT2D eigenvalue weighted by Crippen LogP contribution is 2.38. The first kappa shape index (κ1) is 47.2. The summed E-state index contributed by atoms with van der Waals surface area (Å²) in [5, 5.41) is 0. The summed E-state index contributed by atoms with van der Waals surface area (Å²) in [7, 11) is 1.32. The van der Waals surface area contributed by atoms with Crippen LogP contribution in [-0.4, -0.2) is 70.7 Å². The van der Waals surface area contributed by atoms with Gasteiger partial charge in [0.25, 0.3) is 7.82 Å². The van der Waals surface area contributed by atoms with Crippen LogP contribution < -0.4 is 4.89 Å². The van der Waals surface area contributed by atoms with Crippen molar-refractivity contribution in [2.24, 2.45) is 0 Å². The van der Waals surface area contributed by atoms with Crippen LogP contribution in [-0.2, 0) is 27.9 Å². The van der Waals surface area contributed by atoms with Crippen molar-refractivity contribution in [3.05, 3.63) is 60.8 Å². The van der Waals surface area contributed by atoms with E-state index in [4.69, 9.17) is 18.5 Å². The maximum absolute atomic E-state index is 12.5. The Morgan fingerprint density at radius 1 is 0.653 bits per heavy atom. The van der Waals surface area contributed by atoms with Gasteiger partial charge < -0.3 is 27.9 Å². The van der Waals surface area contributed by atoms with E-state index in [1.165, 1.54) is 38.5 Å². The number of allylic oxidation sites excluding steroid dienone is 10. The standard InChI is InChI=1S/C40H72NO7P/c1-6-8-10-12-14-16-17-18-19-20-21-22-23-24-26-28-30-32-35-45-37-39(38-47-49(43,44)46-36-34-41(3,4)5)48-40(42)33-31-29-27-25-15-13-11-9-7-2/h8,10,14,16,18-19,21-22,24,26,39H,6-7,9,11-13,15,17,20,23,25,27-38H2,1-5H3/b10-8-,16-14-,19-18-,22-21-,26-24-. The van der Waals surface area contributed by atoms with Crippen molar-refractivity contribution in [1.29, 1.82) is 0 Å². The number of carbonyl (C=O) groups excluding carboxylic acids is 1. The molecule has 0 saturated carbocycles. The largest absolute Gasteiger partial charge is 0.756 e. The van der Waals surface area contributed by atoms with Crippen LogP contribution in [0.3, 0.4) is 0 Å². The third-order valence-electron chi connectivity index (χ3n) is 7.58. The third kappa shape index (κ3) is 37.3. The summed E-state index contributed by atoms with van der Waals surface area (Å²) >= 11 is 0. The number of nitrogens with zero attached hydrogens (tertiary/aromatic N) is 1. The Labute approximate surface area is 300 Å². The molecular weight excluding hydrogens is 637 g/mol. The molecule has 0 aromatic carbocycles. The molecule has 0 amide bonds. The predicted octanol–water partition coefficient (Wildman–Crippen LogP) is 9.97. The van der Waals surface area contributed by atoms with Gasteiger partial charge in [0, 0.05) is 13.0 Å². The number of phosphoric ester groups is 1. The fourth-order valence-corrected chi connectivity index (χ4v) is 5.36. The number of esters is 1. The lowest BCUT2D eigenvalue weighted by Gasteiger charge is -2.28. The zero-order valence-corrected chi connectivity index (χ0v) is 32.8. The maximum atomic E-state index is 12.5. The first-order chi connectivity index (χ1) is 23.6. The van der Waals surface area contributed by atoms with Gasteiger partial charge in [-0.15, -0.1) is 0 Å². The number of likely N-dealkylation sites (N-methyl/N-ethyl adjacent to an activating group) is 1. The predicted molar refractivity (Wildman–Crippen MR) is 203 cm³/mol. The molecule has 0 rings (SSSR count). The molecule has 9 heteroatoms. The van der Waals surface area contributed by atoms with Gasteiger partial charge in [-0.1, -0.05) is 126 Å². The van der Waals surface area contributed by atoms with E-state index < -0.39 is 13.9 Å². The molecule has 8 nitrogen and oxygen atoms in total. The summed E-state index contributed by atoms with van der Waals surface area (Å²) in [6.07, 6.45) is 39.6. The van der Waals surface area contributed by atoms with E-state index in [0.717, 1.165) is 70.6 Å². The Balaban J connectivity index is 4.36. The summed E-state index contributed by atoms with van der Waals surface area (Å²) in [4.78, 5) is 24.8. The summed E-state index contributed by atoms with van der Waals surface area (Å²) in [6, 6.07) is 0. The zero-order valence-electron chi connectivity index (χ0n) is 31.9. The molecule has 0 spiro atoms. The van der Waals surface area contributed by atoms with Gasteiger partial charge in [-0.2, -0.15) is 0 Å². The van der Waals surface area contributed by atoms with E-state index in [0.29, 0.717) is 24.1 Å². The number of ether oxygens (including phenoxy) is 2. The minimum atomic E-state index is -4.53. The van der Waals surface area contributed by atoms with Crippen molar-refractivity contribution in [3.63, 3.8) is 0 Å². The minimum Gasteiger partial charge on any atom is -0.756 e. The Bertz CT molecular complexity index is 968. The van der Waals surface area contributed by atoms with Gasteiger partial charge >= 0.3 is 5.97 Å². The number of carbonyl (C=O) groups is 1. The lowest BCUT2D eigenvalue weighted by atomic mass is 10.1. The molecule has 0 N–H and O–H groups in total. The highest BCUT2D eigenvalue weighted by Gasteiger charge is 2.20. The van der Waals surface area contributed by atoms with Gasteiger partial charge in [0.15, 0.2) is 0 Å². The minimum absolute atomic E-state index is 0.0156. The van der Waals surface area contributed by atoms with E-state index >= 15 is 0 Å². The topological polar surface area (TPSA) is 94.1 Å². The number of phosphoric acid groups is 1. The lowest BCUT2D eigenvalue weighted by Crippen LogP contribution is -2.37. The number of unbranched alkanes of at least 4 members (excludes halogenated alkanes) is 10. The second kappa shape index (κ2) is 33.3. The molecule has 2 atom stereocenters. The molecule has 2 unspecified atom stereocenters. The molecule has 0 aliphatic rings. The van der Waals surface area contributed by atoms with Crippen LogP contribution in [0, 0.1) is 0 Å². The Morgan fingerprint density at radius 2 is 1.18 bits per heavy atom. The van der Waals surface area contributed by atoms with Crippen molar-refractivity contribution in [1.82, 2.24) is 0 Å². The second-order valence-electron chi connectivity index (χ2n) is 13.6. The fraction of sp³-hybridized carbons (Fsp3) is 0.725. The lowest BCUT2D eigenvalue weighted by molar-refractivity contribution is -0.870. The maximum Gasteiger partial charge on any atom is 0.306 e. The highest BCUT2D eigenvalue weighted by atomic mass is 31.2. The highest BCUT2D eigenvalue weighted by molar-refractivity contribution is 7.45. The van der Waals surface area contributed by atoms with E-state index in [1.807, 2.05) is 21.1 Å². The Kier molecular flexibility index (Phi) is 32.1. The molecule has 0 fully saturated rings. The van der Waals surface area contributed by atoms with Gasteiger partial charge in [-0.25, -0.2) is 0 Å². The Morgan fingerprint density at radius 3 is 1.73 bits per heavy atom. The summed E-state index contributed by atoms with van der Waals surface area (Å²) < 4.78 is 34.3. The summed E-state index contributed by atoms with van der Waals surface area (Å²) in [6.45, 7) is 5.13. The number of hydrogen-bond donors (Lipinski definition) is 0. The van der Waals surface area contributed by atoms with Gasteiger partial charge in [-0.05, 0) is 57.8 Å². The molecule has 0 aliphatic heterocycles. The molecule has 49 heavy (non-hydrogen) atoms. The number of quaternary nitrogens is 1. The van der Waals surface area contributed by atoms with E-state index in [2.05, 4.69) is 74.6 Å². The van der Waals surface area contributed by atoms with Crippen molar-refractivity contribution >= 4 is 13.8 Å². The SMILES string of the molecule is CC/C=C\C/C=C\C/C=C\C/C=C\C/C=C\CCCCOCC(COP(=O)([O-])OCC[N+](C)(C)C)OC(=O)CCCCCCCCCCC. The van der Waals surface area contributed by atoms with E-state index in [1.54, 1.807) is 0 Å². The molecule has 0 aliphatic carbocycles. The van der Waals surface area contributed by atoms with Crippen molar-refractivity contribution in [2.75, 3.05) is 54.1 Å². The molecule has 284 valence electrons. The smallest absolute Gasteiger partial charge is 0.306 e.